The monoisotopic (exact) mass is 389 g/mol. The molecule has 1 saturated carbocycles. The summed E-state index contributed by atoms with van der Waals surface area (Å²) in [6, 6.07) is 3.44. The van der Waals surface area contributed by atoms with Gasteiger partial charge in [-0.15, -0.1) is 0 Å². The third-order valence-electron chi connectivity index (χ3n) is 3.84. The molecule has 0 atom stereocenters. The lowest BCUT2D eigenvalue weighted by atomic mass is 10.4. The summed E-state index contributed by atoms with van der Waals surface area (Å²) in [5.74, 6) is 1.39. The van der Waals surface area contributed by atoms with Crippen LogP contribution in [0.1, 0.15) is 29.2 Å². The van der Waals surface area contributed by atoms with Crippen LogP contribution in [0.4, 0.5) is 5.69 Å². The number of furan rings is 1. The average molecular weight is 390 g/mol. The first-order valence-electron chi connectivity index (χ1n) is 7.76. The topological polar surface area (TPSA) is 77.9 Å². The fraction of sp³-hybridized carbons (Fsp3) is 0.312. The summed E-state index contributed by atoms with van der Waals surface area (Å²) >= 11 is 3.35. The standard InChI is InChI=1S/C16H16BrN5O2/c17-12-5-18-22(8-12)10-14-3-4-15(24-14)16(23)20-13-6-19-21(9-13)7-11-1-2-11/h3-6,8-9,11H,1-2,7,10H2,(H,20,23). The highest BCUT2D eigenvalue weighted by molar-refractivity contribution is 9.10. The largest absolute Gasteiger partial charge is 0.454 e. The van der Waals surface area contributed by atoms with Crippen molar-refractivity contribution in [3.8, 4) is 0 Å². The summed E-state index contributed by atoms with van der Waals surface area (Å²) in [5, 5.41) is 11.2. The Labute approximate surface area is 146 Å². The molecule has 124 valence electrons. The molecule has 1 amide bonds. The number of hydrogen-bond acceptors (Lipinski definition) is 4. The van der Waals surface area contributed by atoms with Gasteiger partial charge in [0.25, 0.3) is 5.91 Å². The van der Waals surface area contributed by atoms with E-state index < -0.39 is 0 Å². The van der Waals surface area contributed by atoms with E-state index in [0.29, 0.717) is 18.0 Å². The first-order chi connectivity index (χ1) is 11.7. The molecule has 0 unspecified atom stereocenters. The highest BCUT2D eigenvalue weighted by Gasteiger charge is 2.22. The summed E-state index contributed by atoms with van der Waals surface area (Å²) in [7, 11) is 0. The van der Waals surface area contributed by atoms with Gasteiger partial charge in [0.1, 0.15) is 5.76 Å². The van der Waals surface area contributed by atoms with Crippen molar-refractivity contribution in [2.45, 2.75) is 25.9 Å². The van der Waals surface area contributed by atoms with Gasteiger partial charge in [-0.2, -0.15) is 10.2 Å². The molecule has 7 nitrogen and oxygen atoms in total. The molecule has 1 aliphatic carbocycles. The molecule has 0 spiro atoms. The number of carbonyl (C=O) groups is 1. The van der Waals surface area contributed by atoms with Gasteiger partial charge in [0, 0.05) is 18.9 Å². The molecule has 1 fully saturated rings. The smallest absolute Gasteiger partial charge is 0.291 e. The Hall–Kier alpha value is -2.35. The van der Waals surface area contributed by atoms with Crippen LogP contribution >= 0.6 is 15.9 Å². The summed E-state index contributed by atoms with van der Waals surface area (Å²) in [6.07, 6.45) is 9.59. The maximum Gasteiger partial charge on any atom is 0.291 e. The second-order valence-electron chi connectivity index (χ2n) is 5.97. The molecule has 0 saturated heterocycles. The summed E-state index contributed by atoms with van der Waals surface area (Å²) in [4.78, 5) is 12.3. The van der Waals surface area contributed by atoms with Crippen LogP contribution in [0.5, 0.6) is 0 Å². The van der Waals surface area contributed by atoms with Crippen LogP contribution in [0, 0.1) is 5.92 Å². The van der Waals surface area contributed by atoms with Crippen molar-refractivity contribution < 1.29 is 9.21 Å². The third kappa shape index (κ3) is 3.59. The number of rotatable bonds is 6. The minimum absolute atomic E-state index is 0.270. The second kappa shape index (κ2) is 6.27. The SMILES string of the molecule is O=C(Nc1cnn(CC2CC2)c1)c1ccc(Cn2cc(Br)cn2)o1. The Bertz CT molecular complexity index is 861. The van der Waals surface area contributed by atoms with E-state index in [1.165, 1.54) is 12.8 Å². The molecule has 0 aliphatic heterocycles. The summed E-state index contributed by atoms with van der Waals surface area (Å²) in [5.41, 5.74) is 0.676. The molecule has 8 heteroatoms. The van der Waals surface area contributed by atoms with Gasteiger partial charge in [-0.05, 0) is 46.8 Å². The Morgan fingerprint density at radius 3 is 2.83 bits per heavy atom. The zero-order chi connectivity index (χ0) is 16.5. The van der Waals surface area contributed by atoms with E-state index in [2.05, 4.69) is 31.4 Å². The van der Waals surface area contributed by atoms with Crippen LogP contribution in [0.2, 0.25) is 0 Å². The zero-order valence-electron chi connectivity index (χ0n) is 12.9. The lowest BCUT2D eigenvalue weighted by Crippen LogP contribution is -2.10. The van der Waals surface area contributed by atoms with Gasteiger partial charge in [0.15, 0.2) is 5.76 Å². The zero-order valence-corrected chi connectivity index (χ0v) is 14.4. The van der Waals surface area contributed by atoms with E-state index in [1.807, 2.05) is 17.1 Å². The fourth-order valence-electron chi connectivity index (χ4n) is 2.46. The molecular formula is C16H16BrN5O2. The second-order valence-corrected chi connectivity index (χ2v) is 6.89. The van der Waals surface area contributed by atoms with Crippen molar-refractivity contribution in [1.82, 2.24) is 19.6 Å². The molecule has 0 aromatic carbocycles. The van der Waals surface area contributed by atoms with Crippen LogP contribution in [-0.4, -0.2) is 25.5 Å². The van der Waals surface area contributed by atoms with E-state index in [4.69, 9.17) is 4.42 Å². The normalized spacial score (nSPS) is 14.0. The van der Waals surface area contributed by atoms with Crippen molar-refractivity contribution in [1.29, 1.82) is 0 Å². The molecular weight excluding hydrogens is 374 g/mol. The maximum atomic E-state index is 12.3. The maximum absolute atomic E-state index is 12.3. The number of carbonyl (C=O) groups excluding carboxylic acids is 1. The van der Waals surface area contributed by atoms with Crippen molar-refractivity contribution in [2.24, 2.45) is 5.92 Å². The van der Waals surface area contributed by atoms with Gasteiger partial charge in [-0.3, -0.25) is 14.2 Å². The van der Waals surface area contributed by atoms with Crippen LogP contribution in [-0.2, 0) is 13.1 Å². The molecule has 1 aliphatic rings. The molecule has 3 heterocycles. The van der Waals surface area contributed by atoms with Crippen LogP contribution in [0.3, 0.4) is 0 Å². The van der Waals surface area contributed by atoms with Crippen LogP contribution in [0.25, 0.3) is 0 Å². The Morgan fingerprint density at radius 1 is 1.25 bits per heavy atom. The Kier molecular flexibility index (Phi) is 3.97. The average Bonchev–Trinajstić information content (AvgIpc) is 2.93. The van der Waals surface area contributed by atoms with E-state index >= 15 is 0 Å². The number of aromatic nitrogens is 4. The van der Waals surface area contributed by atoms with Crippen molar-refractivity contribution >= 4 is 27.5 Å². The molecule has 4 rings (SSSR count). The lowest BCUT2D eigenvalue weighted by Gasteiger charge is -2.00. The van der Waals surface area contributed by atoms with Crippen LogP contribution < -0.4 is 5.32 Å². The Balaban J connectivity index is 1.38. The van der Waals surface area contributed by atoms with Gasteiger partial charge in [0.05, 0.1) is 29.1 Å². The van der Waals surface area contributed by atoms with Gasteiger partial charge in [0.2, 0.25) is 0 Å². The van der Waals surface area contributed by atoms with Gasteiger partial charge in [-0.25, -0.2) is 0 Å². The highest BCUT2D eigenvalue weighted by Crippen LogP contribution is 2.30. The molecule has 3 aromatic rings. The fourth-order valence-corrected chi connectivity index (χ4v) is 2.78. The number of hydrogen-bond donors (Lipinski definition) is 1. The van der Waals surface area contributed by atoms with E-state index in [-0.39, 0.29) is 11.7 Å². The highest BCUT2D eigenvalue weighted by atomic mass is 79.9. The number of halogens is 1. The molecule has 24 heavy (non-hydrogen) atoms. The van der Waals surface area contributed by atoms with Gasteiger partial charge >= 0.3 is 0 Å². The molecule has 0 radical (unpaired) electrons. The first kappa shape index (κ1) is 15.2. The quantitative estimate of drug-likeness (QED) is 0.702. The van der Waals surface area contributed by atoms with E-state index in [9.17, 15) is 4.79 Å². The third-order valence-corrected chi connectivity index (χ3v) is 4.25. The number of nitrogens with one attached hydrogen (secondary N) is 1. The van der Waals surface area contributed by atoms with E-state index in [0.717, 1.165) is 16.9 Å². The number of nitrogens with zero attached hydrogens (tertiary/aromatic N) is 4. The van der Waals surface area contributed by atoms with Gasteiger partial charge < -0.3 is 9.73 Å². The van der Waals surface area contributed by atoms with Crippen molar-refractivity contribution in [3.63, 3.8) is 0 Å². The summed E-state index contributed by atoms with van der Waals surface area (Å²) in [6.45, 7) is 1.39. The van der Waals surface area contributed by atoms with E-state index in [1.54, 1.807) is 29.2 Å². The van der Waals surface area contributed by atoms with Gasteiger partial charge in [-0.1, -0.05) is 0 Å². The summed E-state index contributed by atoms with van der Waals surface area (Å²) < 4.78 is 10.1. The minimum atomic E-state index is -0.283. The van der Waals surface area contributed by atoms with Crippen LogP contribution in [0.15, 0.2) is 45.8 Å². The minimum Gasteiger partial charge on any atom is -0.454 e. The molecule has 0 bridgehead atoms. The lowest BCUT2D eigenvalue weighted by molar-refractivity contribution is 0.0994. The van der Waals surface area contributed by atoms with Crippen molar-refractivity contribution in [3.05, 3.63) is 52.9 Å². The first-order valence-corrected chi connectivity index (χ1v) is 8.55. The predicted molar refractivity (Wildman–Crippen MR) is 90.6 cm³/mol. The van der Waals surface area contributed by atoms with Crippen molar-refractivity contribution in [2.75, 3.05) is 5.32 Å². The Morgan fingerprint density at radius 2 is 2.08 bits per heavy atom. The molecule has 1 N–H and O–H groups in total. The number of anilines is 1. The number of amides is 1. The molecule has 3 aromatic heterocycles. The predicted octanol–water partition coefficient (Wildman–Crippen LogP) is 3.15.